The molecule has 0 spiro atoms. The number of halogens is 1. The smallest absolute Gasteiger partial charge is 0.311 e. The number of hydrogen-bond acceptors (Lipinski definition) is 5. The van der Waals surface area contributed by atoms with Crippen LogP contribution in [0.1, 0.15) is 25.8 Å². The molecule has 0 aromatic carbocycles. The molecule has 0 saturated carbocycles. The molecule has 0 aliphatic carbocycles. The van der Waals surface area contributed by atoms with Crippen LogP contribution in [0.4, 0.5) is 0 Å². The van der Waals surface area contributed by atoms with E-state index < -0.39 is 11.4 Å². The van der Waals surface area contributed by atoms with E-state index in [0.717, 1.165) is 14.2 Å². The fourth-order valence-corrected chi connectivity index (χ4v) is 3.24. The summed E-state index contributed by atoms with van der Waals surface area (Å²) in [6, 6.07) is 1.99. The first kappa shape index (κ1) is 15.1. The Morgan fingerprint density at radius 1 is 1.60 bits per heavy atom. The highest BCUT2D eigenvalue weighted by Gasteiger charge is 2.33. The lowest BCUT2D eigenvalue weighted by Gasteiger charge is -2.22. The largest absolute Gasteiger partial charge is 0.481 e. The number of aryl methyl sites for hydroxylation is 1. The average molecular weight is 359 g/mol. The number of thiophene rings is 1. The predicted octanol–water partition coefficient (Wildman–Crippen LogP) is 2.97. The Morgan fingerprint density at radius 3 is 2.80 bits per heavy atom. The van der Waals surface area contributed by atoms with E-state index in [1.54, 1.807) is 11.6 Å². The fourth-order valence-electron chi connectivity index (χ4n) is 1.72. The van der Waals surface area contributed by atoms with Gasteiger partial charge in [0.25, 0.3) is 0 Å². The number of nitrogens with zero attached hydrogens (tertiary/aromatic N) is 4. The third kappa shape index (κ3) is 2.76. The van der Waals surface area contributed by atoms with Gasteiger partial charge in [-0.25, -0.2) is 4.68 Å². The van der Waals surface area contributed by atoms with Crippen molar-refractivity contribution in [3.8, 4) is 10.7 Å². The number of aromatic nitrogens is 4. The second kappa shape index (κ2) is 5.61. The van der Waals surface area contributed by atoms with Crippen molar-refractivity contribution in [3.63, 3.8) is 0 Å². The van der Waals surface area contributed by atoms with Crippen molar-refractivity contribution in [2.45, 2.75) is 33.7 Å². The number of aliphatic carboxylic acids is 1. The molecule has 0 fully saturated rings. The first-order valence-electron chi connectivity index (χ1n) is 6.13. The molecule has 2 heterocycles. The Hall–Kier alpha value is -1.28. The van der Waals surface area contributed by atoms with E-state index >= 15 is 0 Å². The summed E-state index contributed by atoms with van der Waals surface area (Å²) in [5.74, 6) is -0.241. The summed E-state index contributed by atoms with van der Waals surface area (Å²) in [5, 5.41) is 21.0. The second-order valence-electron chi connectivity index (χ2n) is 4.95. The molecule has 2 rings (SSSR count). The maximum Gasteiger partial charge on any atom is 0.311 e. The van der Waals surface area contributed by atoms with Crippen LogP contribution in [-0.4, -0.2) is 31.3 Å². The Kier molecular flexibility index (Phi) is 4.24. The molecule has 0 saturated heterocycles. The number of hydrogen-bond donors (Lipinski definition) is 1. The van der Waals surface area contributed by atoms with E-state index in [1.807, 2.05) is 19.9 Å². The highest BCUT2D eigenvalue weighted by Crippen LogP contribution is 2.34. The molecule has 0 aliphatic rings. The van der Waals surface area contributed by atoms with Crippen molar-refractivity contribution in [2.75, 3.05) is 0 Å². The molecular weight excluding hydrogens is 344 g/mol. The summed E-state index contributed by atoms with van der Waals surface area (Å²) in [5.41, 5.74) is 0.226. The minimum absolute atomic E-state index is 0.246. The molecule has 8 heteroatoms. The zero-order chi connectivity index (χ0) is 14.9. The summed E-state index contributed by atoms with van der Waals surface area (Å²) in [6.07, 6.45) is 0.509. The van der Waals surface area contributed by atoms with Gasteiger partial charge in [0.1, 0.15) is 0 Å². The molecule has 108 valence electrons. The van der Waals surface area contributed by atoms with Gasteiger partial charge in [-0.15, -0.1) is 16.4 Å². The van der Waals surface area contributed by atoms with Gasteiger partial charge in [0.15, 0.2) is 5.82 Å². The normalized spacial score (nSPS) is 14.2. The van der Waals surface area contributed by atoms with Crippen molar-refractivity contribution in [1.29, 1.82) is 0 Å². The van der Waals surface area contributed by atoms with Crippen LogP contribution in [0.25, 0.3) is 10.7 Å². The zero-order valence-corrected chi connectivity index (χ0v) is 13.8. The molecule has 0 radical (unpaired) electrons. The standard InChI is InChI=1S/C12H15BrN4O2S/c1-4-12(3,11(18)19)6-17-10(14-15-16-17)8-5-7(2)9(13)20-8/h5H,4,6H2,1-3H3,(H,18,19). The van der Waals surface area contributed by atoms with Gasteiger partial charge in [0.05, 0.1) is 20.6 Å². The van der Waals surface area contributed by atoms with Crippen LogP contribution in [0.2, 0.25) is 0 Å². The van der Waals surface area contributed by atoms with Crippen molar-refractivity contribution in [1.82, 2.24) is 20.2 Å². The lowest BCUT2D eigenvalue weighted by atomic mass is 9.88. The van der Waals surface area contributed by atoms with E-state index in [4.69, 9.17) is 0 Å². The van der Waals surface area contributed by atoms with Crippen LogP contribution in [-0.2, 0) is 11.3 Å². The molecule has 1 atom stereocenters. The maximum atomic E-state index is 11.4. The number of tetrazole rings is 1. The van der Waals surface area contributed by atoms with E-state index in [-0.39, 0.29) is 6.54 Å². The van der Waals surface area contributed by atoms with Crippen LogP contribution in [0, 0.1) is 12.3 Å². The molecule has 1 N–H and O–H groups in total. The Bertz CT molecular complexity index is 620. The zero-order valence-electron chi connectivity index (χ0n) is 11.4. The third-order valence-electron chi connectivity index (χ3n) is 3.40. The van der Waals surface area contributed by atoms with Gasteiger partial charge in [-0.1, -0.05) is 6.92 Å². The van der Waals surface area contributed by atoms with Gasteiger partial charge >= 0.3 is 5.97 Å². The summed E-state index contributed by atoms with van der Waals surface area (Å²) < 4.78 is 2.59. The number of carboxylic acid groups (broad SMARTS) is 1. The molecule has 2 aromatic rings. The third-order valence-corrected chi connectivity index (χ3v) is 5.54. The topological polar surface area (TPSA) is 80.9 Å². The van der Waals surface area contributed by atoms with Gasteiger partial charge in [-0.3, -0.25) is 4.79 Å². The Balaban J connectivity index is 2.36. The first-order valence-corrected chi connectivity index (χ1v) is 7.74. The molecule has 0 aliphatic heterocycles. The fraction of sp³-hybridized carbons (Fsp3) is 0.500. The van der Waals surface area contributed by atoms with Crippen LogP contribution in [0.5, 0.6) is 0 Å². The van der Waals surface area contributed by atoms with Crippen LogP contribution < -0.4 is 0 Å². The highest BCUT2D eigenvalue weighted by molar-refractivity contribution is 9.11. The molecule has 0 bridgehead atoms. The summed E-state index contributed by atoms with van der Waals surface area (Å²) in [7, 11) is 0. The van der Waals surface area contributed by atoms with Crippen molar-refractivity contribution < 1.29 is 9.90 Å². The quantitative estimate of drug-likeness (QED) is 0.888. The Labute approximate surface area is 128 Å². The van der Waals surface area contributed by atoms with E-state index in [9.17, 15) is 9.90 Å². The highest BCUT2D eigenvalue weighted by atomic mass is 79.9. The van der Waals surface area contributed by atoms with Crippen molar-refractivity contribution in [3.05, 3.63) is 15.4 Å². The van der Waals surface area contributed by atoms with Crippen LogP contribution in [0.3, 0.4) is 0 Å². The number of carboxylic acids is 1. The lowest BCUT2D eigenvalue weighted by molar-refractivity contribution is -0.149. The van der Waals surface area contributed by atoms with Gasteiger partial charge in [-0.05, 0) is 58.3 Å². The van der Waals surface area contributed by atoms with E-state index in [0.29, 0.717) is 12.2 Å². The van der Waals surface area contributed by atoms with Gasteiger partial charge < -0.3 is 5.11 Å². The molecule has 1 unspecified atom stereocenters. The van der Waals surface area contributed by atoms with Crippen molar-refractivity contribution in [2.24, 2.45) is 5.41 Å². The number of rotatable bonds is 5. The Morgan fingerprint density at radius 2 is 2.30 bits per heavy atom. The minimum atomic E-state index is -0.881. The summed E-state index contributed by atoms with van der Waals surface area (Å²) in [6.45, 7) is 5.79. The predicted molar refractivity (Wildman–Crippen MR) is 79.6 cm³/mol. The first-order chi connectivity index (χ1) is 9.37. The van der Waals surface area contributed by atoms with Crippen LogP contribution in [0.15, 0.2) is 9.85 Å². The van der Waals surface area contributed by atoms with Crippen molar-refractivity contribution >= 4 is 33.2 Å². The molecule has 20 heavy (non-hydrogen) atoms. The minimum Gasteiger partial charge on any atom is -0.481 e. The van der Waals surface area contributed by atoms with Gasteiger partial charge in [-0.2, -0.15) is 0 Å². The number of carbonyl (C=O) groups is 1. The van der Waals surface area contributed by atoms with Gasteiger partial charge in [0, 0.05) is 0 Å². The molecular formula is C12H15BrN4O2S. The molecule has 0 amide bonds. The summed E-state index contributed by atoms with van der Waals surface area (Å²) >= 11 is 5.01. The molecule has 6 nitrogen and oxygen atoms in total. The summed E-state index contributed by atoms with van der Waals surface area (Å²) in [4.78, 5) is 12.3. The lowest BCUT2D eigenvalue weighted by Crippen LogP contribution is -2.32. The van der Waals surface area contributed by atoms with E-state index in [1.165, 1.54) is 11.3 Å². The van der Waals surface area contributed by atoms with Gasteiger partial charge in [0.2, 0.25) is 0 Å². The SMILES string of the molecule is CCC(C)(Cn1nnnc1-c1cc(C)c(Br)s1)C(=O)O. The van der Waals surface area contributed by atoms with E-state index in [2.05, 4.69) is 31.5 Å². The maximum absolute atomic E-state index is 11.4. The molecule has 2 aromatic heterocycles. The monoisotopic (exact) mass is 358 g/mol. The van der Waals surface area contributed by atoms with Crippen LogP contribution >= 0.6 is 27.3 Å². The second-order valence-corrected chi connectivity index (χ2v) is 7.32. The average Bonchev–Trinajstić information content (AvgIpc) is 2.96.